The molecule has 5 heteroatoms. The van der Waals surface area contributed by atoms with Gasteiger partial charge in [0.25, 0.3) is 0 Å². The zero-order valence-corrected chi connectivity index (χ0v) is 46.0. The van der Waals surface area contributed by atoms with Gasteiger partial charge in [0, 0.05) is 16.9 Å². The van der Waals surface area contributed by atoms with E-state index < -0.39 is 22.0 Å². The number of ether oxygens (including phenoxy) is 3. The Morgan fingerprint density at radius 3 is 0.988 bits per heavy atom. The average Bonchev–Trinajstić information content (AvgIpc) is 1.38. The molecule has 0 atom stereocenters. The van der Waals surface area contributed by atoms with Gasteiger partial charge in [-0.05, 0) is 345 Å². The molecular formula is C80H32O5. The fourth-order valence-corrected chi connectivity index (χ4v) is 27.2. The van der Waals surface area contributed by atoms with Crippen molar-refractivity contribution in [3.63, 3.8) is 0 Å². The van der Waals surface area contributed by atoms with Crippen molar-refractivity contribution in [2.75, 3.05) is 26.4 Å². The maximum absolute atomic E-state index is 13.1. The maximum atomic E-state index is 13.1. The number of aliphatic hydroxyl groups excluding tert-OH is 1. The topological polar surface area (TPSA) is 65.0 Å². The minimum Gasteiger partial charge on any atom is -0.462 e. The van der Waals surface area contributed by atoms with Crippen molar-refractivity contribution >= 4 is 297 Å². The summed E-state index contributed by atoms with van der Waals surface area (Å²) in [6, 6.07) is 0. The molecule has 28 aromatic carbocycles. The van der Waals surface area contributed by atoms with E-state index in [4.69, 9.17) is 14.2 Å². The molecule has 34 rings (SSSR count). The second-order valence-electron chi connectivity index (χ2n) is 31.9. The Kier molecular flexibility index (Phi) is 3.89. The van der Waals surface area contributed by atoms with Crippen LogP contribution in [0.15, 0.2) is 23.8 Å². The zero-order valence-electron chi connectivity index (χ0n) is 46.0. The number of hydrogen-bond donors (Lipinski definition) is 1. The van der Waals surface area contributed by atoms with E-state index in [1.807, 2.05) is 19.9 Å². The molecule has 5 nitrogen and oxygen atoms in total. The summed E-state index contributed by atoms with van der Waals surface area (Å²) in [5.41, 5.74) is 5.89. The van der Waals surface area contributed by atoms with E-state index in [9.17, 15) is 9.90 Å². The summed E-state index contributed by atoms with van der Waals surface area (Å²) in [7, 11) is 0. The number of hydrogen-bond acceptors (Lipinski definition) is 5. The molecule has 0 aromatic heterocycles. The van der Waals surface area contributed by atoms with Crippen LogP contribution in [0.3, 0.4) is 0 Å². The third kappa shape index (κ3) is 2.33. The first kappa shape index (κ1) is 36.9. The highest BCUT2D eigenvalue weighted by Crippen LogP contribution is 2.88. The van der Waals surface area contributed by atoms with E-state index in [0.29, 0.717) is 13.2 Å². The van der Waals surface area contributed by atoms with Gasteiger partial charge in [0.2, 0.25) is 5.79 Å². The van der Waals surface area contributed by atoms with Gasteiger partial charge in [0.1, 0.15) is 0 Å². The molecule has 1 saturated heterocycles. The number of aliphatic hydroxyl groups is 1. The first-order chi connectivity index (χ1) is 41.7. The number of allylic oxidation sites excluding steroid dienone is 2. The fraction of sp³-hybridized carbons (Fsp3) is 0.212. The SMILES string of the molecule is CC(C)(CO)COC(=O)/C=C/CCCCC1=CC2(OCC(C)(C)CO2)C23c4c5c6c7c8c9c(c%10c%11c2c2c4c4c%12c5c5c6c6c8c8c%13c9c9c%10c%10c%11c%11c2c2c4c4c%12c%12c5c5c6c8c6c8c%13c9c9c%10c%10c%11c2c2c4c4c%12c5c6c5c8c9c%10c2c45)C173. The summed E-state index contributed by atoms with van der Waals surface area (Å²) in [5, 5.41) is 96.1. The molecule has 85 heavy (non-hydrogen) atoms. The molecular weight excluding hydrogens is 1040 g/mol. The second kappa shape index (κ2) is 8.97. The van der Waals surface area contributed by atoms with Crippen molar-refractivity contribution in [2.24, 2.45) is 10.8 Å². The third-order valence-corrected chi connectivity index (χ3v) is 28.4. The van der Waals surface area contributed by atoms with Crippen molar-refractivity contribution in [1.29, 1.82) is 0 Å². The van der Waals surface area contributed by atoms with Crippen LogP contribution in [0.5, 0.6) is 0 Å². The second-order valence-corrected chi connectivity index (χ2v) is 31.9. The van der Waals surface area contributed by atoms with Gasteiger partial charge in [-0.2, -0.15) is 0 Å². The van der Waals surface area contributed by atoms with Crippen molar-refractivity contribution < 1.29 is 24.1 Å². The Labute approximate surface area is 471 Å². The van der Waals surface area contributed by atoms with Gasteiger partial charge in [0.05, 0.1) is 37.3 Å². The molecule has 5 aliphatic carbocycles. The highest BCUT2D eigenvalue weighted by molar-refractivity contribution is 6.82. The lowest BCUT2D eigenvalue weighted by Gasteiger charge is -2.59. The average molecular weight is 1070 g/mol. The van der Waals surface area contributed by atoms with E-state index in [0.717, 1.165) is 25.7 Å². The predicted molar refractivity (Wildman–Crippen MR) is 350 cm³/mol. The molecule has 1 aliphatic heterocycles. The van der Waals surface area contributed by atoms with Crippen LogP contribution in [0.1, 0.15) is 75.6 Å². The van der Waals surface area contributed by atoms with Gasteiger partial charge in [-0.25, -0.2) is 4.79 Å². The Morgan fingerprint density at radius 1 is 0.435 bits per heavy atom. The lowest BCUT2D eigenvalue weighted by atomic mass is 9.46. The smallest absolute Gasteiger partial charge is 0.330 e. The summed E-state index contributed by atoms with van der Waals surface area (Å²) in [6.07, 6.45) is 9.93. The molecule has 0 radical (unpaired) electrons. The quantitative estimate of drug-likeness (QED) is 0.0513. The molecule has 0 unspecified atom stereocenters. The predicted octanol–water partition coefficient (Wildman–Crippen LogP) is 19.7. The van der Waals surface area contributed by atoms with Gasteiger partial charge in [-0.1, -0.05) is 39.3 Å². The lowest BCUT2D eigenvalue weighted by molar-refractivity contribution is -0.296. The molecule has 0 bridgehead atoms. The van der Waals surface area contributed by atoms with Gasteiger partial charge >= 0.3 is 5.97 Å². The normalized spacial score (nSPS) is 20.8. The summed E-state index contributed by atoms with van der Waals surface area (Å²) in [5.74, 6) is -1.43. The number of rotatable bonds is 9. The number of unbranched alkanes of at least 4 members (excludes halogenated alkanes) is 2. The van der Waals surface area contributed by atoms with E-state index in [1.54, 1.807) is 319 Å². The first-order valence-corrected chi connectivity index (χ1v) is 31.9. The first-order valence-electron chi connectivity index (χ1n) is 31.9. The molecule has 1 N–H and O–H groups in total. The van der Waals surface area contributed by atoms with Crippen molar-refractivity contribution in [3.05, 3.63) is 46.1 Å². The van der Waals surface area contributed by atoms with Crippen LogP contribution in [0.2, 0.25) is 0 Å². The van der Waals surface area contributed by atoms with Gasteiger partial charge in [-0.15, -0.1) is 0 Å². The molecule has 382 valence electrons. The van der Waals surface area contributed by atoms with E-state index in [1.165, 1.54) is 5.57 Å². The molecule has 1 fully saturated rings. The van der Waals surface area contributed by atoms with Crippen LogP contribution >= 0.6 is 0 Å². The summed E-state index contributed by atoms with van der Waals surface area (Å²) >= 11 is 0. The van der Waals surface area contributed by atoms with Crippen molar-refractivity contribution in [1.82, 2.24) is 0 Å². The highest BCUT2D eigenvalue weighted by atomic mass is 16.7. The van der Waals surface area contributed by atoms with Gasteiger partial charge in [-0.3, -0.25) is 0 Å². The third-order valence-electron chi connectivity index (χ3n) is 28.4. The Bertz CT molecular complexity index is 7640. The Morgan fingerprint density at radius 2 is 0.706 bits per heavy atom. The van der Waals surface area contributed by atoms with E-state index in [-0.39, 0.29) is 24.6 Å². The van der Waals surface area contributed by atoms with Crippen LogP contribution in [-0.4, -0.2) is 43.3 Å². The molecule has 0 amide bonds. The van der Waals surface area contributed by atoms with Crippen LogP contribution < -0.4 is 0 Å². The van der Waals surface area contributed by atoms with Gasteiger partial charge < -0.3 is 19.3 Å². The summed E-state index contributed by atoms with van der Waals surface area (Å²) < 4.78 is 22.1. The van der Waals surface area contributed by atoms with Crippen LogP contribution in [0.25, 0.3) is 291 Å². The number of carbonyl (C=O) groups excluding carboxylic acids is 1. The highest BCUT2D eigenvalue weighted by Gasteiger charge is 2.81. The molecule has 6 aliphatic rings. The minimum atomic E-state index is -1.09. The van der Waals surface area contributed by atoms with Crippen molar-refractivity contribution in [3.8, 4) is 0 Å². The summed E-state index contributed by atoms with van der Waals surface area (Å²) in [6.45, 7) is 9.96. The van der Waals surface area contributed by atoms with E-state index in [2.05, 4.69) is 19.9 Å². The minimum absolute atomic E-state index is 0.0339. The molecule has 0 saturated carbocycles. The van der Waals surface area contributed by atoms with Crippen LogP contribution in [0, 0.1) is 10.8 Å². The zero-order chi connectivity index (χ0) is 53.0. The number of carbonyl (C=O) groups is 1. The lowest BCUT2D eigenvalue weighted by Crippen LogP contribution is -2.65. The molecule has 3 spiro atoms. The molecule has 1 heterocycles. The molecule has 28 aromatic rings. The van der Waals surface area contributed by atoms with Gasteiger partial charge in [0.15, 0.2) is 0 Å². The van der Waals surface area contributed by atoms with E-state index >= 15 is 0 Å². The standard InChI is InChI=1S/C80H32O5/c1-76(2,12-81)13-83-17(82)10-8-6-5-7-9-16-11-78(84-14-77(3,4)15-85-78)80-74-68-62-52-40-32-24-20-18-19-22-26(24)34(40)44-38-30(22)31-23(19)27-25-21(18)29-28(20)36-42(32)50-56-46(36)47-37(29)43-33(25)41-35(27)45-39(31)49-48(38)60(54(44)62)70(74)71-61(49)55(45)63-53(41)59-51(43)57(47)65-64(56)72(66(68)58(50)52)79(16,80)73(65)67(59)69(63)75(71)80/h8,10-11,81H,5-7,9,12-15H2,1-4H3/b10-8+. The summed E-state index contributed by atoms with van der Waals surface area (Å²) in [4.78, 5) is 13.1. The monoisotopic (exact) mass is 1070 g/mol. The van der Waals surface area contributed by atoms with Crippen LogP contribution in [-0.2, 0) is 29.8 Å². The maximum Gasteiger partial charge on any atom is 0.330 e. The number of esters is 1. The Hall–Kier alpha value is -8.71. The van der Waals surface area contributed by atoms with Crippen LogP contribution in [0.4, 0.5) is 0 Å². The van der Waals surface area contributed by atoms with Crippen molar-refractivity contribution in [2.45, 2.75) is 70.0 Å². The Balaban J connectivity index is 0.894. The number of benzene rings is 18. The fourth-order valence-electron chi connectivity index (χ4n) is 27.2. The largest absolute Gasteiger partial charge is 0.462 e.